The molecule has 1 fully saturated rings. The van der Waals surface area contributed by atoms with Crippen molar-refractivity contribution in [3.8, 4) is 11.4 Å². The first-order valence-electron chi connectivity index (χ1n) is 12.2. The molecule has 0 atom stereocenters. The number of likely N-dealkylation sites (tertiary alicyclic amines) is 1. The van der Waals surface area contributed by atoms with Crippen molar-refractivity contribution in [1.82, 2.24) is 14.8 Å². The number of hydrogen-bond acceptors (Lipinski definition) is 3. The molecule has 0 bridgehead atoms. The highest BCUT2D eigenvalue weighted by Gasteiger charge is 2.25. The van der Waals surface area contributed by atoms with Crippen LogP contribution in [0.2, 0.25) is 5.02 Å². The summed E-state index contributed by atoms with van der Waals surface area (Å²) in [6.45, 7) is 4.94. The maximum atomic E-state index is 13.5. The van der Waals surface area contributed by atoms with Crippen LogP contribution in [0.4, 0.5) is 0 Å². The van der Waals surface area contributed by atoms with E-state index in [9.17, 15) is 9.90 Å². The minimum absolute atomic E-state index is 0. The molecule has 0 radical (unpaired) electrons. The average Bonchev–Trinajstić information content (AvgIpc) is 3.15. The number of hydrogen-bond donors (Lipinski definition) is 2. The van der Waals surface area contributed by atoms with Gasteiger partial charge in [0.15, 0.2) is 0 Å². The second-order valence-corrected chi connectivity index (χ2v) is 9.74. The quantitative estimate of drug-likeness (QED) is 0.318. The maximum absolute atomic E-state index is 13.5. The largest absolute Gasteiger partial charge is 0.508 e. The van der Waals surface area contributed by atoms with Crippen molar-refractivity contribution in [3.05, 3.63) is 94.6 Å². The van der Waals surface area contributed by atoms with Crippen molar-refractivity contribution in [2.24, 2.45) is 0 Å². The Bertz CT molecular complexity index is 1330. The van der Waals surface area contributed by atoms with Crippen LogP contribution in [-0.4, -0.2) is 46.2 Å². The molecule has 1 saturated heterocycles. The van der Waals surface area contributed by atoms with Gasteiger partial charge >= 0.3 is 0 Å². The number of halogens is 2. The molecule has 0 spiro atoms. The highest BCUT2D eigenvalue weighted by atomic mass is 35.5. The summed E-state index contributed by atoms with van der Waals surface area (Å²) in [5, 5.41) is 14.8. The summed E-state index contributed by atoms with van der Waals surface area (Å²) in [5.74, 6) is 0.0556. The van der Waals surface area contributed by atoms with Crippen LogP contribution < -0.4 is 5.32 Å². The monoisotopic (exact) mass is 523 g/mol. The Kier molecular flexibility index (Phi) is 8.24. The smallest absolute Gasteiger partial charge is 0.253 e. The molecule has 188 valence electrons. The van der Waals surface area contributed by atoms with Crippen LogP contribution in [0.1, 0.15) is 34.5 Å². The number of phenolic OH excluding ortho intramolecular Hbond substituents is 1. The molecule has 1 aliphatic heterocycles. The molecule has 0 saturated carbocycles. The van der Waals surface area contributed by atoms with Crippen molar-refractivity contribution in [2.45, 2.75) is 32.2 Å². The first-order chi connectivity index (χ1) is 17.0. The second kappa shape index (κ2) is 11.4. The Balaban J connectivity index is 0.00000304. The maximum Gasteiger partial charge on any atom is 0.253 e. The fourth-order valence-corrected chi connectivity index (χ4v) is 5.23. The number of piperidine rings is 1. The highest BCUT2D eigenvalue weighted by Crippen LogP contribution is 2.32. The van der Waals surface area contributed by atoms with E-state index in [2.05, 4.69) is 34.5 Å². The van der Waals surface area contributed by atoms with Crippen molar-refractivity contribution in [3.63, 3.8) is 0 Å². The lowest BCUT2D eigenvalue weighted by Crippen LogP contribution is -2.45. The number of carbonyl (C=O) groups excluding carboxylic acids is 1. The molecule has 7 heteroatoms. The van der Waals surface area contributed by atoms with E-state index in [4.69, 9.17) is 11.6 Å². The van der Waals surface area contributed by atoms with Gasteiger partial charge in [0.1, 0.15) is 5.75 Å². The fourth-order valence-electron chi connectivity index (χ4n) is 5.11. The lowest BCUT2D eigenvalue weighted by molar-refractivity contribution is 0.0912. The molecule has 4 aromatic rings. The van der Waals surface area contributed by atoms with Crippen LogP contribution in [0.25, 0.3) is 16.6 Å². The van der Waals surface area contributed by atoms with E-state index in [1.54, 1.807) is 12.1 Å². The number of benzene rings is 3. The Hall–Kier alpha value is -2.99. The average molecular weight is 524 g/mol. The van der Waals surface area contributed by atoms with Crippen LogP contribution in [-0.2, 0) is 6.42 Å². The first kappa shape index (κ1) is 26.1. The molecule has 1 aromatic heterocycles. The van der Waals surface area contributed by atoms with Crippen molar-refractivity contribution in [1.29, 1.82) is 0 Å². The van der Waals surface area contributed by atoms with Gasteiger partial charge in [-0.25, -0.2) is 0 Å². The third-order valence-electron chi connectivity index (χ3n) is 6.98. The Morgan fingerprint density at radius 2 is 1.72 bits per heavy atom. The van der Waals surface area contributed by atoms with Gasteiger partial charge in [-0.1, -0.05) is 41.9 Å². The summed E-state index contributed by atoms with van der Waals surface area (Å²) < 4.78 is 2.05. The van der Waals surface area contributed by atoms with E-state index < -0.39 is 0 Å². The summed E-state index contributed by atoms with van der Waals surface area (Å²) in [4.78, 5) is 16.0. The summed E-state index contributed by atoms with van der Waals surface area (Å²) in [6, 6.07) is 23.5. The molecule has 2 heterocycles. The summed E-state index contributed by atoms with van der Waals surface area (Å²) in [5.41, 5.74) is 4.61. The molecular formula is C29H31Cl2N3O2. The number of aromatic hydroxyl groups is 1. The van der Waals surface area contributed by atoms with Gasteiger partial charge in [0, 0.05) is 47.5 Å². The van der Waals surface area contributed by atoms with E-state index in [1.165, 1.54) is 5.56 Å². The number of nitrogens with zero attached hydrogens (tertiary/aromatic N) is 2. The Morgan fingerprint density at radius 1 is 1.03 bits per heavy atom. The molecule has 5 rings (SSSR count). The molecule has 2 N–H and O–H groups in total. The lowest BCUT2D eigenvalue weighted by Gasteiger charge is -2.32. The van der Waals surface area contributed by atoms with Gasteiger partial charge in [0.2, 0.25) is 0 Å². The molecule has 1 aliphatic rings. The van der Waals surface area contributed by atoms with E-state index in [-0.39, 0.29) is 30.1 Å². The zero-order chi connectivity index (χ0) is 24.4. The van der Waals surface area contributed by atoms with Gasteiger partial charge in [0.05, 0.1) is 11.1 Å². The molecule has 36 heavy (non-hydrogen) atoms. The van der Waals surface area contributed by atoms with Crippen molar-refractivity contribution < 1.29 is 9.90 Å². The fraction of sp³-hybridized carbons (Fsp3) is 0.276. The van der Waals surface area contributed by atoms with E-state index in [1.807, 2.05) is 47.9 Å². The number of amides is 1. The SMILES string of the molecule is Cc1c(C(=O)NC2CCN(CCc3ccccc3)CC2)c2cc(O)ccc2n1-c1ccc(Cl)cc1.Cl. The van der Waals surface area contributed by atoms with Crippen LogP contribution >= 0.6 is 24.0 Å². The van der Waals surface area contributed by atoms with Gasteiger partial charge in [-0.2, -0.15) is 0 Å². The number of fused-ring (bicyclic) bond motifs is 1. The number of carbonyl (C=O) groups is 1. The van der Waals surface area contributed by atoms with Crippen LogP contribution in [0, 0.1) is 6.92 Å². The van der Waals surface area contributed by atoms with Crippen molar-refractivity contribution >= 4 is 40.8 Å². The third kappa shape index (κ3) is 5.54. The van der Waals surface area contributed by atoms with E-state index in [0.717, 1.165) is 61.2 Å². The number of phenols is 1. The zero-order valence-corrected chi connectivity index (χ0v) is 21.9. The molecule has 5 nitrogen and oxygen atoms in total. The van der Waals surface area contributed by atoms with Crippen LogP contribution in [0.3, 0.4) is 0 Å². The van der Waals surface area contributed by atoms with E-state index in [0.29, 0.717) is 10.6 Å². The minimum atomic E-state index is -0.0893. The van der Waals surface area contributed by atoms with Crippen LogP contribution in [0.5, 0.6) is 5.75 Å². The van der Waals surface area contributed by atoms with Gasteiger partial charge in [-0.15, -0.1) is 12.4 Å². The topological polar surface area (TPSA) is 57.5 Å². The molecule has 1 amide bonds. The number of rotatable bonds is 6. The van der Waals surface area contributed by atoms with Crippen molar-refractivity contribution in [2.75, 3.05) is 19.6 Å². The standard InChI is InChI=1S/C29H30ClN3O2.ClH/c1-20-28(26-19-25(34)11-12-27(26)33(20)24-9-7-22(30)8-10-24)29(35)31-23-14-17-32(18-15-23)16-13-21-5-3-2-4-6-21;/h2-12,19,23,34H,13-18H2,1H3,(H,31,35);1H. The molecule has 0 aliphatic carbocycles. The Morgan fingerprint density at radius 3 is 2.42 bits per heavy atom. The Labute approximate surface area is 223 Å². The normalized spacial score (nSPS) is 14.5. The highest BCUT2D eigenvalue weighted by molar-refractivity contribution is 6.30. The molecular weight excluding hydrogens is 493 g/mol. The summed E-state index contributed by atoms with van der Waals surface area (Å²) in [7, 11) is 0. The second-order valence-electron chi connectivity index (χ2n) is 9.30. The van der Waals surface area contributed by atoms with Gasteiger partial charge in [-0.3, -0.25) is 4.79 Å². The predicted molar refractivity (Wildman–Crippen MR) is 149 cm³/mol. The number of aromatic nitrogens is 1. The summed E-state index contributed by atoms with van der Waals surface area (Å²) >= 11 is 6.09. The predicted octanol–water partition coefficient (Wildman–Crippen LogP) is 6.16. The molecule has 3 aromatic carbocycles. The van der Waals surface area contributed by atoms with E-state index >= 15 is 0 Å². The van der Waals surface area contributed by atoms with Gasteiger partial charge in [0.25, 0.3) is 5.91 Å². The van der Waals surface area contributed by atoms with Gasteiger partial charge in [-0.05, 0) is 74.2 Å². The lowest BCUT2D eigenvalue weighted by atomic mass is 10.0. The minimum Gasteiger partial charge on any atom is -0.508 e. The third-order valence-corrected chi connectivity index (χ3v) is 7.23. The number of nitrogens with one attached hydrogen (secondary N) is 1. The molecule has 0 unspecified atom stereocenters. The summed E-state index contributed by atoms with van der Waals surface area (Å²) in [6.07, 6.45) is 2.91. The zero-order valence-electron chi connectivity index (χ0n) is 20.3. The van der Waals surface area contributed by atoms with Gasteiger partial charge < -0.3 is 19.9 Å². The first-order valence-corrected chi connectivity index (χ1v) is 12.5. The van der Waals surface area contributed by atoms with Crippen LogP contribution in [0.15, 0.2) is 72.8 Å².